The van der Waals surface area contributed by atoms with Gasteiger partial charge in [-0.05, 0) is 36.4 Å². The number of hydrogen-bond donors (Lipinski definition) is 2. The maximum atomic E-state index is 12.4. The highest BCUT2D eigenvalue weighted by atomic mass is 79.9. The van der Waals surface area contributed by atoms with Gasteiger partial charge in [0.2, 0.25) is 0 Å². The summed E-state index contributed by atoms with van der Waals surface area (Å²) in [5.74, 6) is -1.26. The lowest BCUT2D eigenvalue weighted by Gasteiger charge is -2.10. The largest absolute Gasteiger partial charge is 0.505 e. The van der Waals surface area contributed by atoms with Gasteiger partial charge in [0.25, 0.3) is 11.5 Å². The summed E-state index contributed by atoms with van der Waals surface area (Å²) in [5, 5.41) is 16.5. The number of nitrogens with one attached hydrogen (secondary N) is 1. The van der Waals surface area contributed by atoms with Crippen LogP contribution in [-0.4, -0.2) is 25.8 Å². The summed E-state index contributed by atoms with van der Waals surface area (Å²) in [6.07, 6.45) is 1.47. The van der Waals surface area contributed by atoms with Crippen molar-refractivity contribution in [1.29, 1.82) is 0 Å². The number of carbonyl (C=O) groups is 1. The zero-order chi connectivity index (χ0) is 18.0. The molecule has 2 aromatic heterocycles. The maximum Gasteiger partial charge on any atom is 0.280 e. The lowest BCUT2D eigenvalue weighted by molar-refractivity contribution is 0.101. The number of carbonyl (C=O) groups excluding carboxylic acids is 1. The van der Waals surface area contributed by atoms with Crippen molar-refractivity contribution in [3.63, 3.8) is 0 Å². The molecular formula is C16H10BrClN4O3. The van der Waals surface area contributed by atoms with Gasteiger partial charge in [0.15, 0.2) is 16.6 Å². The molecule has 0 unspecified atom stereocenters. The number of pyridine rings is 1. The lowest BCUT2D eigenvalue weighted by Crippen LogP contribution is -2.25. The average Bonchev–Trinajstić information content (AvgIpc) is 2.58. The Balaban J connectivity index is 2.00. The first-order valence-corrected chi connectivity index (χ1v) is 8.14. The van der Waals surface area contributed by atoms with E-state index >= 15 is 0 Å². The highest BCUT2D eigenvalue weighted by molar-refractivity contribution is 9.10. The summed E-state index contributed by atoms with van der Waals surface area (Å²) < 4.78 is 1.85. The molecule has 0 aliphatic heterocycles. The fourth-order valence-electron chi connectivity index (χ4n) is 2.04. The van der Waals surface area contributed by atoms with E-state index in [-0.39, 0.29) is 16.5 Å². The van der Waals surface area contributed by atoms with Gasteiger partial charge < -0.3 is 10.4 Å². The monoisotopic (exact) mass is 420 g/mol. The number of nitrogens with zero attached hydrogens (tertiary/aromatic N) is 3. The topological polar surface area (TPSA) is 97.1 Å². The first-order chi connectivity index (χ1) is 12.0. The number of benzene rings is 1. The Morgan fingerprint density at radius 3 is 2.64 bits per heavy atom. The summed E-state index contributed by atoms with van der Waals surface area (Å²) in [4.78, 5) is 28.3. The van der Waals surface area contributed by atoms with Crippen LogP contribution in [0.2, 0.25) is 5.15 Å². The van der Waals surface area contributed by atoms with Crippen molar-refractivity contribution < 1.29 is 9.90 Å². The molecule has 1 amide bonds. The Bertz CT molecular complexity index is 1010. The van der Waals surface area contributed by atoms with Crippen molar-refractivity contribution in [3.05, 3.63) is 74.3 Å². The fourth-order valence-corrected chi connectivity index (χ4v) is 2.47. The molecule has 0 aliphatic rings. The highest BCUT2D eigenvalue weighted by Gasteiger charge is 2.18. The van der Waals surface area contributed by atoms with Crippen LogP contribution in [-0.2, 0) is 0 Å². The van der Waals surface area contributed by atoms with Crippen LogP contribution in [0.1, 0.15) is 10.5 Å². The van der Waals surface area contributed by atoms with Crippen LogP contribution in [0.5, 0.6) is 5.75 Å². The Labute approximate surface area is 155 Å². The number of rotatable bonds is 3. The molecule has 9 heteroatoms. The lowest BCUT2D eigenvalue weighted by atomic mass is 10.3. The van der Waals surface area contributed by atoms with Crippen molar-refractivity contribution in [3.8, 4) is 11.4 Å². The van der Waals surface area contributed by atoms with Crippen molar-refractivity contribution in [1.82, 2.24) is 14.8 Å². The molecule has 25 heavy (non-hydrogen) atoms. The third-order valence-electron chi connectivity index (χ3n) is 3.21. The van der Waals surface area contributed by atoms with Gasteiger partial charge in [-0.1, -0.05) is 27.5 Å². The minimum Gasteiger partial charge on any atom is -0.505 e. The Hall–Kier alpha value is -2.71. The van der Waals surface area contributed by atoms with Crippen LogP contribution in [0.15, 0.2) is 57.9 Å². The normalized spacial score (nSPS) is 10.5. The van der Waals surface area contributed by atoms with Crippen LogP contribution in [0.4, 0.5) is 5.69 Å². The molecule has 0 aliphatic carbocycles. The van der Waals surface area contributed by atoms with E-state index in [9.17, 15) is 14.7 Å². The quantitative estimate of drug-likeness (QED) is 0.634. The predicted molar refractivity (Wildman–Crippen MR) is 96.4 cm³/mol. The van der Waals surface area contributed by atoms with E-state index in [1.807, 2.05) is 0 Å². The van der Waals surface area contributed by atoms with Crippen LogP contribution in [0, 0.1) is 0 Å². The van der Waals surface area contributed by atoms with Gasteiger partial charge in [0, 0.05) is 16.7 Å². The van der Waals surface area contributed by atoms with Gasteiger partial charge >= 0.3 is 0 Å². The smallest absolute Gasteiger partial charge is 0.280 e. The van der Waals surface area contributed by atoms with E-state index in [4.69, 9.17) is 11.6 Å². The van der Waals surface area contributed by atoms with E-state index < -0.39 is 17.2 Å². The van der Waals surface area contributed by atoms with Crippen LogP contribution in [0.3, 0.4) is 0 Å². The second-order valence-electron chi connectivity index (χ2n) is 4.90. The van der Waals surface area contributed by atoms with Gasteiger partial charge in [-0.2, -0.15) is 9.78 Å². The number of aromatic nitrogens is 3. The molecule has 0 atom stereocenters. The van der Waals surface area contributed by atoms with Gasteiger partial charge in [0.1, 0.15) is 0 Å². The Morgan fingerprint density at radius 1 is 1.24 bits per heavy atom. The molecule has 0 saturated carbocycles. The Kier molecular flexibility index (Phi) is 4.82. The van der Waals surface area contributed by atoms with Gasteiger partial charge in [-0.15, -0.1) is 0 Å². The second kappa shape index (κ2) is 7.04. The molecule has 0 radical (unpaired) electrons. The third-order valence-corrected chi connectivity index (χ3v) is 4.03. The highest BCUT2D eigenvalue weighted by Crippen LogP contribution is 2.20. The van der Waals surface area contributed by atoms with E-state index in [1.165, 1.54) is 6.20 Å². The maximum absolute atomic E-state index is 12.4. The minimum atomic E-state index is -0.724. The molecule has 126 valence electrons. The van der Waals surface area contributed by atoms with Crippen molar-refractivity contribution in [2.75, 3.05) is 5.32 Å². The summed E-state index contributed by atoms with van der Waals surface area (Å²) in [5.41, 5.74) is -0.184. The fraction of sp³-hybridized carbons (Fsp3) is 0. The molecule has 1 aromatic carbocycles. The molecule has 2 heterocycles. The van der Waals surface area contributed by atoms with Gasteiger partial charge in [0.05, 0.1) is 11.4 Å². The zero-order valence-electron chi connectivity index (χ0n) is 12.5. The first-order valence-electron chi connectivity index (χ1n) is 6.97. The molecule has 0 saturated heterocycles. The van der Waals surface area contributed by atoms with Crippen LogP contribution >= 0.6 is 27.5 Å². The molecule has 7 nitrogen and oxygen atoms in total. The summed E-state index contributed by atoms with van der Waals surface area (Å²) >= 11 is 9.19. The van der Waals surface area contributed by atoms with E-state index in [2.05, 4.69) is 31.3 Å². The standard InChI is InChI=1S/C16H10BrClN4O3/c17-9-3-5-10(6-4-9)22-13(24)8-12(23)14(21-22)16(25)20-11-2-1-7-19-15(11)18/h1-8,23H,(H,20,25). The molecular weight excluding hydrogens is 412 g/mol. The number of aromatic hydroxyl groups is 1. The number of amides is 1. The van der Waals surface area contributed by atoms with Crippen molar-refractivity contribution in [2.45, 2.75) is 0 Å². The molecule has 0 spiro atoms. The predicted octanol–water partition coefficient (Wildman–Crippen LogP) is 3.00. The number of anilines is 1. The molecule has 3 rings (SSSR count). The number of halogens is 2. The third kappa shape index (κ3) is 3.70. The zero-order valence-corrected chi connectivity index (χ0v) is 14.8. The van der Waals surface area contributed by atoms with E-state index in [1.54, 1.807) is 36.4 Å². The van der Waals surface area contributed by atoms with E-state index in [0.29, 0.717) is 5.69 Å². The van der Waals surface area contributed by atoms with Gasteiger partial charge in [-0.3, -0.25) is 9.59 Å². The molecule has 0 fully saturated rings. The second-order valence-corrected chi connectivity index (χ2v) is 6.17. The molecule has 3 aromatic rings. The first kappa shape index (κ1) is 17.1. The van der Waals surface area contributed by atoms with Crippen LogP contribution in [0.25, 0.3) is 5.69 Å². The summed E-state index contributed by atoms with van der Waals surface area (Å²) in [7, 11) is 0. The molecule has 0 bridgehead atoms. The van der Waals surface area contributed by atoms with Crippen LogP contribution < -0.4 is 10.9 Å². The SMILES string of the molecule is O=C(Nc1cccnc1Cl)c1nn(-c2ccc(Br)cc2)c(=O)cc1O. The minimum absolute atomic E-state index is 0.0940. The Morgan fingerprint density at radius 2 is 1.96 bits per heavy atom. The summed E-state index contributed by atoms with van der Waals surface area (Å²) in [6.45, 7) is 0. The average molecular weight is 422 g/mol. The summed E-state index contributed by atoms with van der Waals surface area (Å²) in [6, 6.07) is 10.8. The van der Waals surface area contributed by atoms with E-state index in [0.717, 1.165) is 15.2 Å². The van der Waals surface area contributed by atoms with Crippen molar-refractivity contribution in [2.24, 2.45) is 0 Å². The molecule has 2 N–H and O–H groups in total. The van der Waals surface area contributed by atoms with Crippen molar-refractivity contribution >= 4 is 39.1 Å². The number of hydrogen-bond acceptors (Lipinski definition) is 5. The van der Waals surface area contributed by atoms with Gasteiger partial charge in [-0.25, -0.2) is 4.98 Å².